The lowest BCUT2D eigenvalue weighted by molar-refractivity contribution is -0.114. The highest BCUT2D eigenvalue weighted by Crippen LogP contribution is 2.23. The van der Waals surface area contributed by atoms with Crippen molar-refractivity contribution >= 4 is 34.8 Å². The van der Waals surface area contributed by atoms with E-state index < -0.39 is 0 Å². The van der Waals surface area contributed by atoms with Gasteiger partial charge in [-0.3, -0.25) is 9.59 Å². The fraction of sp³-hybridized carbons (Fsp3) is 0.300. The normalized spacial score (nSPS) is 13.5. The summed E-state index contributed by atoms with van der Waals surface area (Å²) >= 11 is 5.93. The van der Waals surface area contributed by atoms with Crippen molar-refractivity contribution in [3.8, 4) is 0 Å². The maximum atomic E-state index is 12.8. The molecule has 3 rings (SSSR count). The molecular formula is C20H22ClN3O2. The Morgan fingerprint density at radius 1 is 1.12 bits per heavy atom. The predicted octanol–water partition coefficient (Wildman–Crippen LogP) is 3.94. The summed E-state index contributed by atoms with van der Waals surface area (Å²) in [5.41, 5.74) is 2.87. The summed E-state index contributed by atoms with van der Waals surface area (Å²) in [6.07, 6.45) is 2.09. The van der Waals surface area contributed by atoms with Crippen molar-refractivity contribution < 1.29 is 9.59 Å². The molecule has 26 heavy (non-hydrogen) atoms. The molecular weight excluding hydrogens is 350 g/mol. The van der Waals surface area contributed by atoms with E-state index in [1.807, 2.05) is 30.0 Å². The summed E-state index contributed by atoms with van der Waals surface area (Å²) in [4.78, 5) is 26.9. The zero-order valence-electron chi connectivity index (χ0n) is 14.7. The summed E-state index contributed by atoms with van der Waals surface area (Å²) in [5, 5.41) is 6.45. The van der Waals surface area contributed by atoms with Gasteiger partial charge in [-0.25, -0.2) is 0 Å². The summed E-state index contributed by atoms with van der Waals surface area (Å²) < 4.78 is 0. The first kappa shape index (κ1) is 18.3. The summed E-state index contributed by atoms with van der Waals surface area (Å²) in [7, 11) is 0. The van der Waals surface area contributed by atoms with Crippen molar-refractivity contribution in [2.75, 3.05) is 30.3 Å². The van der Waals surface area contributed by atoms with Gasteiger partial charge in [0.15, 0.2) is 0 Å². The summed E-state index contributed by atoms with van der Waals surface area (Å²) in [6, 6.07) is 12.6. The Morgan fingerprint density at radius 3 is 2.58 bits per heavy atom. The minimum atomic E-state index is -0.201. The highest BCUT2D eigenvalue weighted by Gasteiger charge is 2.23. The van der Waals surface area contributed by atoms with Crippen LogP contribution in [-0.4, -0.2) is 36.3 Å². The van der Waals surface area contributed by atoms with Crippen LogP contribution in [0.4, 0.5) is 11.4 Å². The minimum Gasteiger partial charge on any atom is -0.375 e. The Morgan fingerprint density at radius 2 is 1.85 bits per heavy atom. The van der Waals surface area contributed by atoms with Gasteiger partial charge in [0.25, 0.3) is 5.91 Å². The Balaban J connectivity index is 1.68. The third-order valence-electron chi connectivity index (χ3n) is 4.43. The molecule has 2 aromatic rings. The fourth-order valence-electron chi connectivity index (χ4n) is 3.12. The number of nitrogens with one attached hydrogen (secondary N) is 2. The molecule has 1 saturated heterocycles. The number of benzene rings is 2. The number of nitrogens with zero attached hydrogens (tertiary/aromatic N) is 1. The third kappa shape index (κ3) is 4.35. The van der Waals surface area contributed by atoms with Gasteiger partial charge in [0.05, 0.1) is 12.1 Å². The van der Waals surface area contributed by atoms with E-state index in [0.29, 0.717) is 22.0 Å². The molecule has 1 fully saturated rings. The van der Waals surface area contributed by atoms with Crippen molar-refractivity contribution in [2.24, 2.45) is 0 Å². The molecule has 0 unspecified atom stereocenters. The molecule has 2 aromatic carbocycles. The molecule has 0 aromatic heterocycles. The first-order valence-electron chi connectivity index (χ1n) is 8.73. The lowest BCUT2D eigenvalue weighted by atomic mass is 10.0. The van der Waals surface area contributed by atoms with Crippen molar-refractivity contribution in [3.63, 3.8) is 0 Å². The molecule has 5 nitrogen and oxygen atoms in total. The molecule has 0 saturated carbocycles. The first-order chi connectivity index (χ1) is 12.5. The molecule has 6 heteroatoms. The Bertz CT molecular complexity index is 816. The average Bonchev–Trinajstić information content (AvgIpc) is 3.14. The molecule has 0 spiro atoms. The van der Waals surface area contributed by atoms with Crippen molar-refractivity contribution in [1.29, 1.82) is 0 Å². The Hall–Kier alpha value is -2.53. The van der Waals surface area contributed by atoms with Crippen molar-refractivity contribution in [3.05, 3.63) is 58.6 Å². The van der Waals surface area contributed by atoms with Crippen LogP contribution in [0.25, 0.3) is 0 Å². The van der Waals surface area contributed by atoms with Crippen LogP contribution in [0, 0.1) is 6.92 Å². The maximum absolute atomic E-state index is 12.8. The van der Waals surface area contributed by atoms with Crippen LogP contribution in [0.3, 0.4) is 0 Å². The first-order valence-corrected chi connectivity index (χ1v) is 9.10. The molecule has 136 valence electrons. The number of carbonyl (C=O) groups is 2. The standard InChI is InChI=1S/C20H22ClN3O2/c1-14-6-4-9-17(19(14)20(26)24-10-2-3-11-24)22-13-18(25)23-16-8-5-7-15(21)12-16/h4-9,12,22H,2-3,10-11,13H2,1H3,(H,23,25). The van der Waals surface area contributed by atoms with Gasteiger partial charge >= 0.3 is 0 Å². The lowest BCUT2D eigenvalue weighted by Crippen LogP contribution is -2.30. The third-order valence-corrected chi connectivity index (χ3v) is 4.66. The maximum Gasteiger partial charge on any atom is 0.256 e. The number of rotatable bonds is 5. The van der Waals surface area contributed by atoms with E-state index in [1.165, 1.54) is 0 Å². The van der Waals surface area contributed by atoms with E-state index in [9.17, 15) is 9.59 Å². The van der Waals surface area contributed by atoms with Gasteiger partial charge in [0, 0.05) is 29.5 Å². The molecule has 1 aliphatic rings. The van der Waals surface area contributed by atoms with Crippen molar-refractivity contribution in [1.82, 2.24) is 4.90 Å². The molecule has 0 aliphatic carbocycles. The van der Waals surface area contributed by atoms with Crippen molar-refractivity contribution in [2.45, 2.75) is 19.8 Å². The number of hydrogen-bond donors (Lipinski definition) is 2. The quantitative estimate of drug-likeness (QED) is 0.837. The van der Waals surface area contributed by atoms with Crippen LogP contribution in [0.15, 0.2) is 42.5 Å². The number of aryl methyl sites for hydroxylation is 1. The second-order valence-corrected chi connectivity index (χ2v) is 6.85. The van der Waals surface area contributed by atoms with E-state index in [0.717, 1.165) is 31.5 Å². The van der Waals surface area contributed by atoms with E-state index in [-0.39, 0.29) is 18.4 Å². The van der Waals surface area contributed by atoms with Crippen LogP contribution in [0.1, 0.15) is 28.8 Å². The number of amides is 2. The summed E-state index contributed by atoms with van der Waals surface area (Å²) in [6.45, 7) is 3.57. The molecule has 0 atom stereocenters. The smallest absolute Gasteiger partial charge is 0.256 e. The van der Waals surface area contributed by atoms with Crippen LogP contribution >= 0.6 is 11.6 Å². The minimum absolute atomic E-state index is 0.0262. The van der Waals surface area contributed by atoms with Gasteiger partial charge in [-0.1, -0.05) is 29.8 Å². The monoisotopic (exact) mass is 371 g/mol. The van der Waals surface area contributed by atoms with Crippen LogP contribution < -0.4 is 10.6 Å². The SMILES string of the molecule is Cc1cccc(NCC(=O)Nc2cccc(Cl)c2)c1C(=O)N1CCCC1. The Labute approximate surface area is 158 Å². The molecule has 1 heterocycles. The van der Waals surface area contributed by atoms with Gasteiger partial charge in [0.1, 0.15) is 0 Å². The number of likely N-dealkylation sites (tertiary alicyclic amines) is 1. The van der Waals surface area contributed by atoms with Crippen LogP contribution in [-0.2, 0) is 4.79 Å². The highest BCUT2D eigenvalue weighted by molar-refractivity contribution is 6.30. The highest BCUT2D eigenvalue weighted by atomic mass is 35.5. The van der Waals surface area contributed by atoms with E-state index in [4.69, 9.17) is 11.6 Å². The number of hydrogen-bond acceptors (Lipinski definition) is 3. The Kier molecular flexibility index (Phi) is 5.78. The predicted molar refractivity (Wildman–Crippen MR) is 105 cm³/mol. The average molecular weight is 372 g/mol. The largest absolute Gasteiger partial charge is 0.375 e. The topological polar surface area (TPSA) is 61.4 Å². The molecule has 1 aliphatic heterocycles. The second kappa shape index (κ2) is 8.23. The molecule has 0 radical (unpaired) electrons. The molecule has 2 amide bonds. The fourth-order valence-corrected chi connectivity index (χ4v) is 3.31. The van der Waals surface area contributed by atoms with Gasteiger partial charge in [-0.15, -0.1) is 0 Å². The van der Waals surface area contributed by atoms with Gasteiger partial charge in [-0.2, -0.15) is 0 Å². The van der Waals surface area contributed by atoms with E-state index in [2.05, 4.69) is 10.6 Å². The van der Waals surface area contributed by atoms with Crippen LogP contribution in [0.5, 0.6) is 0 Å². The lowest BCUT2D eigenvalue weighted by Gasteiger charge is -2.20. The van der Waals surface area contributed by atoms with Gasteiger partial charge < -0.3 is 15.5 Å². The second-order valence-electron chi connectivity index (χ2n) is 6.41. The number of carbonyl (C=O) groups excluding carboxylic acids is 2. The zero-order chi connectivity index (χ0) is 18.5. The number of anilines is 2. The van der Waals surface area contributed by atoms with E-state index in [1.54, 1.807) is 24.3 Å². The van der Waals surface area contributed by atoms with Gasteiger partial charge in [-0.05, 0) is 49.6 Å². The van der Waals surface area contributed by atoms with E-state index >= 15 is 0 Å². The molecule has 2 N–H and O–H groups in total. The zero-order valence-corrected chi connectivity index (χ0v) is 15.5. The van der Waals surface area contributed by atoms with Gasteiger partial charge in [0.2, 0.25) is 5.91 Å². The van der Waals surface area contributed by atoms with Crippen LogP contribution in [0.2, 0.25) is 5.02 Å². The summed E-state index contributed by atoms with van der Waals surface area (Å²) in [5.74, 6) is -0.174. The number of halogens is 1. The molecule has 0 bridgehead atoms.